The second kappa shape index (κ2) is 6.69. The number of nitrogens with one attached hydrogen (secondary N) is 1. The van der Waals surface area contributed by atoms with Gasteiger partial charge in [0.1, 0.15) is 0 Å². The summed E-state index contributed by atoms with van der Waals surface area (Å²) in [5.41, 5.74) is 0.719. The summed E-state index contributed by atoms with van der Waals surface area (Å²) in [5, 5.41) is 7.11. The highest BCUT2D eigenvalue weighted by Gasteiger charge is 2.20. The van der Waals surface area contributed by atoms with Crippen molar-refractivity contribution in [1.29, 1.82) is 0 Å². The van der Waals surface area contributed by atoms with Gasteiger partial charge in [-0.3, -0.25) is 4.68 Å². The van der Waals surface area contributed by atoms with Gasteiger partial charge in [-0.2, -0.15) is 5.10 Å². The molecule has 1 N–H and O–H groups in total. The Bertz CT molecular complexity index is 325. The van der Waals surface area contributed by atoms with Crippen LogP contribution in [0.1, 0.15) is 38.9 Å². The van der Waals surface area contributed by atoms with E-state index in [9.17, 15) is 8.78 Å². The topological polar surface area (TPSA) is 29.9 Å². The lowest BCUT2D eigenvalue weighted by atomic mass is 10.1. The van der Waals surface area contributed by atoms with Crippen molar-refractivity contribution >= 4 is 0 Å². The van der Waals surface area contributed by atoms with E-state index in [1.54, 1.807) is 0 Å². The summed E-state index contributed by atoms with van der Waals surface area (Å²) in [4.78, 5) is 0. The standard InChI is InChI=1S/C12H21F2N3/c1-4-9(3)17-7-6-10(16-17)8-11(12(13)14)15-5-2/h6-7,9,11-12,15H,4-5,8H2,1-3H3. The van der Waals surface area contributed by atoms with Crippen LogP contribution in [0.4, 0.5) is 8.78 Å². The molecule has 17 heavy (non-hydrogen) atoms. The largest absolute Gasteiger partial charge is 0.309 e. The molecule has 1 aromatic heterocycles. The first-order valence-corrected chi connectivity index (χ1v) is 6.14. The third-order valence-electron chi connectivity index (χ3n) is 2.91. The summed E-state index contributed by atoms with van der Waals surface area (Å²) in [6, 6.07) is 1.33. The molecule has 5 heteroatoms. The molecule has 1 rings (SSSR count). The number of hydrogen-bond donors (Lipinski definition) is 1. The fourth-order valence-corrected chi connectivity index (χ4v) is 1.66. The van der Waals surface area contributed by atoms with Crippen molar-refractivity contribution in [3.63, 3.8) is 0 Å². The Balaban J connectivity index is 2.63. The summed E-state index contributed by atoms with van der Waals surface area (Å²) in [6.45, 7) is 6.51. The van der Waals surface area contributed by atoms with Gasteiger partial charge in [-0.25, -0.2) is 8.78 Å². The highest BCUT2D eigenvalue weighted by molar-refractivity contribution is 5.02. The molecule has 0 bridgehead atoms. The van der Waals surface area contributed by atoms with Crippen LogP contribution in [0.3, 0.4) is 0 Å². The van der Waals surface area contributed by atoms with Crippen LogP contribution in [0, 0.1) is 0 Å². The Labute approximate surface area is 101 Å². The van der Waals surface area contributed by atoms with Crippen molar-refractivity contribution in [2.24, 2.45) is 0 Å². The highest BCUT2D eigenvalue weighted by atomic mass is 19.3. The summed E-state index contributed by atoms with van der Waals surface area (Å²) in [6.07, 6.45) is 0.753. The lowest BCUT2D eigenvalue weighted by molar-refractivity contribution is 0.0985. The number of likely N-dealkylation sites (N-methyl/N-ethyl adjacent to an activating group) is 1. The molecule has 3 nitrogen and oxygen atoms in total. The van der Waals surface area contributed by atoms with E-state index in [1.165, 1.54) is 0 Å². The van der Waals surface area contributed by atoms with Gasteiger partial charge in [-0.1, -0.05) is 13.8 Å². The third-order valence-corrected chi connectivity index (χ3v) is 2.91. The lowest BCUT2D eigenvalue weighted by Gasteiger charge is -2.15. The number of alkyl halides is 2. The minimum absolute atomic E-state index is 0.273. The smallest absolute Gasteiger partial charge is 0.254 e. The predicted molar refractivity (Wildman–Crippen MR) is 64.4 cm³/mol. The summed E-state index contributed by atoms with van der Waals surface area (Å²) < 4.78 is 27.2. The second-order valence-electron chi connectivity index (χ2n) is 4.25. The zero-order chi connectivity index (χ0) is 12.8. The Kier molecular flexibility index (Phi) is 5.55. The van der Waals surface area contributed by atoms with Crippen LogP contribution in [0.15, 0.2) is 12.3 Å². The zero-order valence-corrected chi connectivity index (χ0v) is 10.7. The summed E-state index contributed by atoms with van der Waals surface area (Å²) in [5.74, 6) is 0. The van der Waals surface area contributed by atoms with Crippen LogP contribution < -0.4 is 5.32 Å². The van der Waals surface area contributed by atoms with E-state index in [-0.39, 0.29) is 6.42 Å². The van der Waals surface area contributed by atoms with Gasteiger partial charge in [-0.15, -0.1) is 0 Å². The molecule has 1 aromatic rings. The van der Waals surface area contributed by atoms with Gasteiger partial charge in [-0.05, 0) is 26.0 Å². The van der Waals surface area contributed by atoms with Gasteiger partial charge in [0, 0.05) is 18.7 Å². The maximum Gasteiger partial charge on any atom is 0.254 e. The molecule has 0 spiro atoms. The average Bonchev–Trinajstić information content (AvgIpc) is 2.76. The minimum Gasteiger partial charge on any atom is -0.309 e. The zero-order valence-electron chi connectivity index (χ0n) is 10.7. The van der Waals surface area contributed by atoms with Gasteiger partial charge >= 0.3 is 0 Å². The van der Waals surface area contributed by atoms with Gasteiger partial charge < -0.3 is 5.32 Å². The van der Waals surface area contributed by atoms with Crippen molar-refractivity contribution in [1.82, 2.24) is 15.1 Å². The van der Waals surface area contributed by atoms with Gasteiger partial charge in [0.05, 0.1) is 11.7 Å². The number of halogens is 2. The van der Waals surface area contributed by atoms with Crippen LogP contribution in [0.2, 0.25) is 0 Å². The fourth-order valence-electron chi connectivity index (χ4n) is 1.66. The van der Waals surface area contributed by atoms with E-state index in [4.69, 9.17) is 0 Å². The Hall–Kier alpha value is -0.970. The molecule has 0 aliphatic heterocycles. The minimum atomic E-state index is -2.36. The molecule has 0 saturated carbocycles. The predicted octanol–water partition coefficient (Wildman–Crippen LogP) is 2.64. The van der Waals surface area contributed by atoms with Crippen molar-refractivity contribution < 1.29 is 8.78 Å². The molecule has 0 aromatic carbocycles. The number of rotatable bonds is 7. The molecule has 0 aliphatic carbocycles. The summed E-state index contributed by atoms with van der Waals surface area (Å²) >= 11 is 0. The highest BCUT2D eigenvalue weighted by Crippen LogP contribution is 2.12. The van der Waals surface area contributed by atoms with Gasteiger partial charge in [0.25, 0.3) is 6.43 Å². The number of aromatic nitrogens is 2. The Morgan fingerprint density at radius 2 is 2.12 bits per heavy atom. The maximum atomic E-state index is 12.7. The molecular formula is C12H21F2N3. The molecule has 2 unspecified atom stereocenters. The van der Waals surface area contributed by atoms with Gasteiger partial charge in [0.2, 0.25) is 0 Å². The van der Waals surface area contributed by atoms with E-state index >= 15 is 0 Å². The third kappa shape index (κ3) is 4.07. The van der Waals surface area contributed by atoms with Crippen LogP contribution >= 0.6 is 0 Å². The Morgan fingerprint density at radius 1 is 1.41 bits per heavy atom. The molecule has 2 atom stereocenters. The molecule has 98 valence electrons. The molecule has 0 fully saturated rings. The maximum absolute atomic E-state index is 12.7. The first-order valence-electron chi connectivity index (χ1n) is 6.14. The van der Waals surface area contributed by atoms with Crippen molar-refractivity contribution in [2.75, 3.05) is 6.54 Å². The first-order chi connectivity index (χ1) is 8.08. The average molecular weight is 245 g/mol. The molecular weight excluding hydrogens is 224 g/mol. The van der Waals surface area contributed by atoms with Crippen molar-refractivity contribution in [3.05, 3.63) is 18.0 Å². The van der Waals surface area contributed by atoms with E-state index in [0.29, 0.717) is 12.6 Å². The van der Waals surface area contributed by atoms with Crippen molar-refractivity contribution in [3.8, 4) is 0 Å². The normalized spacial score (nSPS) is 15.2. The van der Waals surface area contributed by atoms with Crippen molar-refractivity contribution in [2.45, 2.75) is 52.1 Å². The molecule has 0 radical (unpaired) electrons. The first kappa shape index (κ1) is 14.1. The Morgan fingerprint density at radius 3 is 2.65 bits per heavy atom. The SMILES string of the molecule is CCNC(Cc1ccn(C(C)CC)n1)C(F)F. The monoisotopic (exact) mass is 245 g/mol. The quantitative estimate of drug-likeness (QED) is 0.800. The summed E-state index contributed by atoms with van der Waals surface area (Å²) in [7, 11) is 0. The van der Waals surface area contributed by atoms with Crippen LogP contribution in [0.25, 0.3) is 0 Å². The van der Waals surface area contributed by atoms with Crippen LogP contribution in [-0.2, 0) is 6.42 Å². The number of nitrogens with zero attached hydrogens (tertiary/aromatic N) is 2. The van der Waals surface area contributed by atoms with Crippen LogP contribution in [-0.4, -0.2) is 28.8 Å². The fraction of sp³-hybridized carbons (Fsp3) is 0.750. The second-order valence-corrected chi connectivity index (χ2v) is 4.25. The van der Waals surface area contributed by atoms with Crippen LogP contribution in [0.5, 0.6) is 0 Å². The molecule has 0 amide bonds. The van der Waals surface area contributed by atoms with E-state index in [2.05, 4.69) is 24.3 Å². The van der Waals surface area contributed by atoms with E-state index in [0.717, 1.165) is 12.1 Å². The van der Waals surface area contributed by atoms with E-state index < -0.39 is 12.5 Å². The van der Waals surface area contributed by atoms with Gasteiger partial charge in [0.15, 0.2) is 0 Å². The van der Waals surface area contributed by atoms with E-state index in [1.807, 2.05) is 23.9 Å². The molecule has 0 saturated heterocycles. The molecule has 0 aliphatic rings. The number of hydrogen-bond acceptors (Lipinski definition) is 2. The molecule has 1 heterocycles. The lowest BCUT2D eigenvalue weighted by Crippen LogP contribution is -2.37.